The number of nitro benzene ring substituents is 1. The number of rotatable bonds is 3. The maximum atomic E-state index is 11.3. The largest absolute Gasteiger partial charge is 0.363 e. The van der Waals surface area contributed by atoms with Crippen LogP contribution in [-0.2, 0) is 5.88 Å². The third kappa shape index (κ3) is 3.00. The Kier molecular flexibility index (Phi) is 4.30. The summed E-state index contributed by atoms with van der Waals surface area (Å²) in [7, 11) is 0. The average molecular weight is 283 g/mol. The number of nitrogens with zero attached hydrogens (tertiary/aromatic N) is 2. The summed E-state index contributed by atoms with van der Waals surface area (Å²) in [5, 5.41) is 11.3. The average Bonchev–Trinajstić information content (AvgIpc) is 2.40. The molecule has 2 atom stereocenters. The van der Waals surface area contributed by atoms with Gasteiger partial charge in [-0.2, -0.15) is 0 Å². The van der Waals surface area contributed by atoms with Crippen molar-refractivity contribution in [3.8, 4) is 0 Å². The van der Waals surface area contributed by atoms with Crippen LogP contribution in [-0.4, -0.2) is 17.5 Å². The number of piperidine rings is 1. The summed E-state index contributed by atoms with van der Waals surface area (Å²) < 4.78 is 0. The highest BCUT2D eigenvalue weighted by atomic mass is 35.5. The van der Waals surface area contributed by atoms with Gasteiger partial charge in [-0.15, -0.1) is 11.6 Å². The van der Waals surface area contributed by atoms with E-state index in [2.05, 4.69) is 18.7 Å². The normalized spacial score (nSPS) is 23.4. The number of alkyl halides is 1. The van der Waals surface area contributed by atoms with E-state index in [4.69, 9.17) is 11.6 Å². The third-order valence-electron chi connectivity index (χ3n) is 3.82. The van der Waals surface area contributed by atoms with Gasteiger partial charge in [-0.25, -0.2) is 0 Å². The maximum Gasteiger partial charge on any atom is 0.292 e. The Morgan fingerprint density at radius 1 is 1.42 bits per heavy atom. The van der Waals surface area contributed by atoms with Crippen LogP contribution in [0.5, 0.6) is 0 Å². The van der Waals surface area contributed by atoms with Gasteiger partial charge in [0.2, 0.25) is 0 Å². The first-order chi connectivity index (χ1) is 9.02. The van der Waals surface area contributed by atoms with Gasteiger partial charge in [0.1, 0.15) is 5.69 Å². The predicted molar refractivity (Wildman–Crippen MR) is 77.9 cm³/mol. The van der Waals surface area contributed by atoms with Crippen LogP contribution in [0.1, 0.15) is 32.3 Å². The summed E-state index contributed by atoms with van der Waals surface area (Å²) in [5.41, 5.74) is 1.67. The summed E-state index contributed by atoms with van der Waals surface area (Å²) in [6.07, 6.45) is 2.26. The summed E-state index contributed by atoms with van der Waals surface area (Å²) in [6, 6.07) is 5.65. The highest BCUT2D eigenvalue weighted by Gasteiger charge is 2.28. The second-order valence-corrected chi connectivity index (χ2v) is 5.66. The van der Waals surface area contributed by atoms with E-state index in [0.717, 1.165) is 24.2 Å². The molecule has 4 nitrogen and oxygen atoms in total. The highest BCUT2D eigenvalue weighted by Crippen LogP contribution is 2.35. The van der Waals surface area contributed by atoms with Gasteiger partial charge in [0, 0.05) is 24.5 Å². The summed E-state index contributed by atoms with van der Waals surface area (Å²) in [4.78, 5) is 13.1. The van der Waals surface area contributed by atoms with Crippen LogP contribution in [0.4, 0.5) is 11.4 Å². The maximum absolute atomic E-state index is 11.3. The van der Waals surface area contributed by atoms with Crippen molar-refractivity contribution in [2.45, 2.75) is 38.6 Å². The zero-order valence-corrected chi connectivity index (χ0v) is 12.1. The summed E-state index contributed by atoms with van der Waals surface area (Å²) in [5.74, 6) is 0.871. The standard InChI is InChI=1S/C14H19ClN2O2/c1-10-3-4-11(2)16(9-10)13-6-5-12(8-15)7-14(13)17(18)19/h5-7,10-11H,3-4,8-9H2,1-2H3. The molecule has 0 bridgehead atoms. The third-order valence-corrected chi connectivity index (χ3v) is 4.13. The van der Waals surface area contributed by atoms with Crippen molar-refractivity contribution in [1.29, 1.82) is 0 Å². The first-order valence-electron chi connectivity index (χ1n) is 6.63. The zero-order valence-electron chi connectivity index (χ0n) is 11.3. The molecule has 0 aliphatic carbocycles. The van der Waals surface area contributed by atoms with Crippen LogP contribution in [0.15, 0.2) is 18.2 Å². The molecule has 0 aromatic heterocycles. The first-order valence-corrected chi connectivity index (χ1v) is 7.16. The lowest BCUT2D eigenvalue weighted by atomic mass is 9.94. The van der Waals surface area contributed by atoms with Crippen LogP contribution >= 0.6 is 11.6 Å². The van der Waals surface area contributed by atoms with Crippen LogP contribution in [0.2, 0.25) is 0 Å². The molecule has 1 fully saturated rings. The summed E-state index contributed by atoms with van der Waals surface area (Å²) in [6.45, 7) is 5.20. The van der Waals surface area contributed by atoms with Crippen LogP contribution < -0.4 is 4.90 Å². The molecule has 1 heterocycles. The van der Waals surface area contributed by atoms with E-state index in [-0.39, 0.29) is 10.6 Å². The second-order valence-electron chi connectivity index (χ2n) is 5.40. The molecule has 2 unspecified atom stereocenters. The number of anilines is 1. The fourth-order valence-corrected chi connectivity index (χ4v) is 2.83. The van der Waals surface area contributed by atoms with Crippen molar-refractivity contribution >= 4 is 23.0 Å². The molecule has 0 amide bonds. The SMILES string of the molecule is CC1CCC(C)N(c2ccc(CCl)cc2[N+](=O)[O-])C1. The Morgan fingerprint density at radius 3 is 2.79 bits per heavy atom. The van der Waals surface area contributed by atoms with E-state index in [9.17, 15) is 10.1 Å². The van der Waals surface area contributed by atoms with Gasteiger partial charge in [0.25, 0.3) is 5.69 Å². The molecule has 1 aromatic rings. The lowest BCUT2D eigenvalue weighted by molar-refractivity contribution is -0.384. The number of halogens is 1. The topological polar surface area (TPSA) is 46.4 Å². The lowest BCUT2D eigenvalue weighted by Crippen LogP contribution is -2.41. The highest BCUT2D eigenvalue weighted by molar-refractivity contribution is 6.17. The van der Waals surface area contributed by atoms with Crippen molar-refractivity contribution < 1.29 is 4.92 Å². The first kappa shape index (κ1) is 14.1. The van der Waals surface area contributed by atoms with Crippen molar-refractivity contribution in [3.05, 3.63) is 33.9 Å². The van der Waals surface area contributed by atoms with Gasteiger partial charge < -0.3 is 4.90 Å². The molecular formula is C14H19ClN2O2. The molecule has 19 heavy (non-hydrogen) atoms. The molecule has 1 aliphatic rings. The Labute approximate surface area is 118 Å². The van der Waals surface area contributed by atoms with E-state index in [1.54, 1.807) is 6.07 Å². The lowest BCUT2D eigenvalue weighted by Gasteiger charge is -2.38. The van der Waals surface area contributed by atoms with E-state index >= 15 is 0 Å². The molecule has 2 rings (SSSR count). The van der Waals surface area contributed by atoms with Gasteiger partial charge in [-0.05, 0) is 37.3 Å². The van der Waals surface area contributed by atoms with Gasteiger partial charge >= 0.3 is 0 Å². The van der Waals surface area contributed by atoms with Crippen molar-refractivity contribution in [3.63, 3.8) is 0 Å². The smallest absolute Gasteiger partial charge is 0.292 e. The molecule has 1 aromatic carbocycles. The minimum Gasteiger partial charge on any atom is -0.363 e. The van der Waals surface area contributed by atoms with Crippen LogP contribution in [0.25, 0.3) is 0 Å². The van der Waals surface area contributed by atoms with Gasteiger partial charge in [0.15, 0.2) is 0 Å². The van der Waals surface area contributed by atoms with Crippen molar-refractivity contribution in [1.82, 2.24) is 0 Å². The van der Waals surface area contributed by atoms with Crippen molar-refractivity contribution in [2.24, 2.45) is 5.92 Å². The molecule has 1 aliphatic heterocycles. The molecule has 1 saturated heterocycles. The van der Waals surface area contributed by atoms with E-state index in [1.807, 2.05) is 12.1 Å². The fraction of sp³-hybridized carbons (Fsp3) is 0.571. The molecule has 0 radical (unpaired) electrons. The summed E-state index contributed by atoms with van der Waals surface area (Å²) >= 11 is 5.76. The molecule has 0 spiro atoms. The quantitative estimate of drug-likeness (QED) is 0.479. The molecule has 0 N–H and O–H groups in total. The van der Waals surface area contributed by atoms with E-state index < -0.39 is 0 Å². The minimum absolute atomic E-state index is 0.166. The Bertz CT molecular complexity index is 479. The fourth-order valence-electron chi connectivity index (χ4n) is 2.67. The minimum atomic E-state index is -0.308. The monoisotopic (exact) mass is 282 g/mol. The number of hydrogen-bond donors (Lipinski definition) is 0. The Balaban J connectivity index is 2.40. The van der Waals surface area contributed by atoms with Crippen LogP contribution in [0.3, 0.4) is 0 Å². The number of benzene rings is 1. The van der Waals surface area contributed by atoms with Crippen molar-refractivity contribution in [2.75, 3.05) is 11.4 Å². The van der Waals surface area contributed by atoms with Gasteiger partial charge in [-0.3, -0.25) is 10.1 Å². The Morgan fingerprint density at radius 2 is 2.16 bits per heavy atom. The zero-order chi connectivity index (χ0) is 14.0. The predicted octanol–water partition coefficient (Wildman–Crippen LogP) is 3.96. The number of nitro groups is 1. The van der Waals surface area contributed by atoms with Gasteiger partial charge in [0.05, 0.1) is 4.92 Å². The van der Waals surface area contributed by atoms with Gasteiger partial charge in [-0.1, -0.05) is 13.0 Å². The van der Waals surface area contributed by atoms with E-state index in [0.29, 0.717) is 17.8 Å². The molecule has 0 saturated carbocycles. The second kappa shape index (κ2) is 5.78. The molecular weight excluding hydrogens is 264 g/mol. The molecule has 5 heteroatoms. The van der Waals surface area contributed by atoms with Crippen LogP contribution in [0, 0.1) is 16.0 Å². The Hall–Kier alpha value is -1.29. The number of hydrogen-bond acceptors (Lipinski definition) is 3. The van der Waals surface area contributed by atoms with E-state index in [1.165, 1.54) is 6.42 Å². The molecule has 104 valence electrons.